The monoisotopic (exact) mass is 456 g/mol. The number of amides is 1. The van der Waals surface area contributed by atoms with Gasteiger partial charge in [0.25, 0.3) is 5.91 Å². The number of nitrogen functional groups attached to an aromatic ring is 1. The molecule has 34 heavy (non-hydrogen) atoms. The van der Waals surface area contributed by atoms with Crippen LogP contribution in [0.1, 0.15) is 40.9 Å². The number of allylic oxidation sites excluding steroid dienone is 1. The first-order chi connectivity index (χ1) is 16.4. The third-order valence-corrected chi connectivity index (χ3v) is 7.06. The van der Waals surface area contributed by atoms with Crippen LogP contribution in [-0.2, 0) is 16.0 Å². The van der Waals surface area contributed by atoms with Crippen molar-refractivity contribution in [1.29, 1.82) is 0 Å². The Morgan fingerprint density at radius 1 is 1.09 bits per heavy atom. The number of methoxy groups -OCH3 is 1. The number of nitrogens with two attached hydrogens (primary N) is 1. The van der Waals surface area contributed by atoms with Crippen LogP contribution in [0.25, 0.3) is 5.69 Å². The maximum atomic E-state index is 13.7. The average Bonchev–Trinajstić information content (AvgIpc) is 3.41. The number of benzene rings is 2. The highest BCUT2D eigenvalue weighted by Crippen LogP contribution is 2.46. The van der Waals surface area contributed by atoms with Gasteiger partial charge < -0.3 is 15.4 Å². The number of hydrogen-bond donors (Lipinski definition) is 1. The number of anilines is 2. The van der Waals surface area contributed by atoms with E-state index in [9.17, 15) is 9.59 Å². The minimum Gasteiger partial charge on any atom is -0.466 e. The quantitative estimate of drug-likeness (QED) is 0.470. The second kappa shape index (κ2) is 8.48. The van der Waals surface area contributed by atoms with E-state index in [1.165, 1.54) is 7.11 Å². The van der Waals surface area contributed by atoms with Crippen molar-refractivity contribution < 1.29 is 14.3 Å². The standard InChI is InChI=1S/C27H28N4O3/c1-18-10-13-29-31(18)24-8-7-19(15-22(24)28)25(32)30-14-12-27(11-9-21(17-27)26(33)34-2)16-20-5-3-4-6-23(20)30/h3-8,10,13,15,17H,9,11-12,14,16,28H2,1-2H3. The maximum Gasteiger partial charge on any atom is 0.333 e. The van der Waals surface area contributed by atoms with Gasteiger partial charge in [-0.25, -0.2) is 9.48 Å². The molecule has 0 radical (unpaired) electrons. The second-order valence-electron chi connectivity index (χ2n) is 9.19. The first kappa shape index (κ1) is 21.9. The fourth-order valence-corrected chi connectivity index (χ4v) is 5.24. The minimum absolute atomic E-state index is 0.0879. The molecule has 0 saturated carbocycles. The predicted molar refractivity (Wildman–Crippen MR) is 131 cm³/mol. The molecule has 3 aromatic rings. The zero-order valence-corrected chi connectivity index (χ0v) is 19.5. The van der Waals surface area contributed by atoms with Crippen molar-refractivity contribution in [1.82, 2.24) is 9.78 Å². The van der Waals surface area contributed by atoms with E-state index in [4.69, 9.17) is 10.5 Å². The van der Waals surface area contributed by atoms with E-state index >= 15 is 0 Å². The van der Waals surface area contributed by atoms with Gasteiger partial charge in [0, 0.05) is 35.3 Å². The van der Waals surface area contributed by atoms with Gasteiger partial charge in [0.15, 0.2) is 0 Å². The number of nitrogens with zero attached hydrogens (tertiary/aromatic N) is 3. The molecule has 0 saturated heterocycles. The summed E-state index contributed by atoms with van der Waals surface area (Å²) in [6.45, 7) is 2.51. The first-order valence-corrected chi connectivity index (χ1v) is 11.5. The van der Waals surface area contributed by atoms with Crippen LogP contribution in [0.15, 0.2) is 66.4 Å². The Balaban J connectivity index is 1.47. The Kier molecular flexibility index (Phi) is 5.48. The van der Waals surface area contributed by atoms with Crippen molar-refractivity contribution in [3.05, 3.63) is 83.2 Å². The van der Waals surface area contributed by atoms with Crippen LogP contribution >= 0.6 is 0 Å². The summed E-state index contributed by atoms with van der Waals surface area (Å²) in [4.78, 5) is 27.7. The van der Waals surface area contributed by atoms with Crippen LogP contribution < -0.4 is 10.6 Å². The molecule has 1 aliphatic carbocycles. The number of rotatable bonds is 3. The largest absolute Gasteiger partial charge is 0.466 e. The zero-order valence-electron chi connectivity index (χ0n) is 19.5. The average molecular weight is 457 g/mol. The number of aromatic nitrogens is 2. The Morgan fingerprint density at radius 2 is 1.91 bits per heavy atom. The van der Waals surface area contributed by atoms with Gasteiger partial charge in [-0.05, 0) is 73.9 Å². The number of carbonyl (C=O) groups is 2. The summed E-state index contributed by atoms with van der Waals surface area (Å²) >= 11 is 0. The molecular weight excluding hydrogens is 428 g/mol. The van der Waals surface area contributed by atoms with Crippen molar-refractivity contribution in [3.63, 3.8) is 0 Å². The summed E-state index contributed by atoms with van der Waals surface area (Å²) in [6.07, 6.45) is 6.94. The number of fused-ring (bicyclic) bond motifs is 1. The summed E-state index contributed by atoms with van der Waals surface area (Å²) in [7, 11) is 1.42. The molecule has 7 heteroatoms. The van der Waals surface area contributed by atoms with Gasteiger partial charge in [-0.2, -0.15) is 5.10 Å². The normalized spacial score (nSPS) is 19.5. The fourth-order valence-electron chi connectivity index (χ4n) is 5.24. The van der Waals surface area contributed by atoms with Gasteiger partial charge in [0.05, 0.1) is 18.5 Å². The number of para-hydroxylation sites is 1. The lowest BCUT2D eigenvalue weighted by molar-refractivity contribution is -0.136. The number of esters is 1. The highest BCUT2D eigenvalue weighted by atomic mass is 16.5. The lowest BCUT2D eigenvalue weighted by Crippen LogP contribution is -2.33. The van der Waals surface area contributed by atoms with Crippen LogP contribution in [0.3, 0.4) is 0 Å². The molecule has 1 aliphatic heterocycles. The van der Waals surface area contributed by atoms with Crippen LogP contribution in [0.2, 0.25) is 0 Å². The van der Waals surface area contributed by atoms with E-state index < -0.39 is 0 Å². The summed E-state index contributed by atoms with van der Waals surface area (Å²) in [6, 6.07) is 15.3. The van der Waals surface area contributed by atoms with Crippen molar-refractivity contribution >= 4 is 23.3 Å². The summed E-state index contributed by atoms with van der Waals surface area (Å²) in [5.74, 6) is -0.347. The molecule has 1 aromatic heterocycles. The summed E-state index contributed by atoms with van der Waals surface area (Å²) in [5, 5.41) is 4.32. The van der Waals surface area contributed by atoms with E-state index in [0.29, 0.717) is 24.2 Å². The number of ether oxygens (including phenoxy) is 1. The first-order valence-electron chi connectivity index (χ1n) is 11.5. The molecule has 5 rings (SSSR count). The van der Waals surface area contributed by atoms with E-state index in [1.54, 1.807) is 16.9 Å². The van der Waals surface area contributed by atoms with Crippen LogP contribution in [0.5, 0.6) is 0 Å². The number of hydrogen-bond acceptors (Lipinski definition) is 5. The predicted octanol–water partition coefficient (Wildman–Crippen LogP) is 4.24. The Labute approximate surface area is 198 Å². The van der Waals surface area contributed by atoms with Crippen molar-refractivity contribution in [2.24, 2.45) is 5.41 Å². The van der Waals surface area contributed by atoms with Crippen molar-refractivity contribution in [2.45, 2.75) is 32.6 Å². The van der Waals surface area contributed by atoms with Gasteiger partial charge in [0.2, 0.25) is 0 Å². The third-order valence-electron chi connectivity index (χ3n) is 7.06. The fraction of sp³-hybridized carbons (Fsp3) is 0.296. The van der Waals surface area contributed by atoms with Gasteiger partial charge in [-0.1, -0.05) is 24.3 Å². The SMILES string of the molecule is COC(=O)C1=CC2(CC1)CCN(C(=O)c1ccc(-n3nccc3C)c(N)c1)c1ccccc1C2. The second-order valence-corrected chi connectivity index (χ2v) is 9.19. The molecule has 2 heterocycles. The molecule has 1 unspecified atom stereocenters. The topological polar surface area (TPSA) is 90.5 Å². The van der Waals surface area contributed by atoms with Crippen molar-refractivity contribution in [2.75, 3.05) is 24.3 Å². The van der Waals surface area contributed by atoms with Gasteiger partial charge in [0.1, 0.15) is 0 Å². The maximum absolute atomic E-state index is 13.7. The van der Waals surface area contributed by atoms with Gasteiger partial charge in [-0.3, -0.25) is 4.79 Å². The molecule has 0 bridgehead atoms. The van der Waals surface area contributed by atoms with E-state index in [-0.39, 0.29) is 17.3 Å². The zero-order chi connectivity index (χ0) is 23.9. The molecule has 2 aromatic carbocycles. The lowest BCUT2D eigenvalue weighted by atomic mass is 9.79. The van der Waals surface area contributed by atoms with Gasteiger partial charge in [-0.15, -0.1) is 0 Å². The molecule has 174 valence electrons. The van der Waals surface area contributed by atoms with Gasteiger partial charge >= 0.3 is 5.97 Å². The van der Waals surface area contributed by atoms with Crippen LogP contribution in [0.4, 0.5) is 11.4 Å². The highest BCUT2D eigenvalue weighted by molar-refractivity contribution is 6.07. The molecular formula is C27H28N4O3. The molecule has 2 N–H and O–H groups in total. The summed E-state index contributed by atoms with van der Waals surface area (Å²) in [5.41, 5.74) is 11.7. The smallest absolute Gasteiger partial charge is 0.333 e. The number of aryl methyl sites for hydroxylation is 1. The van der Waals surface area contributed by atoms with E-state index in [0.717, 1.165) is 47.5 Å². The highest BCUT2D eigenvalue weighted by Gasteiger charge is 2.39. The Morgan fingerprint density at radius 3 is 2.65 bits per heavy atom. The summed E-state index contributed by atoms with van der Waals surface area (Å²) < 4.78 is 6.71. The molecule has 1 amide bonds. The van der Waals surface area contributed by atoms with Crippen LogP contribution in [-0.4, -0.2) is 35.3 Å². The van der Waals surface area contributed by atoms with E-state index in [1.807, 2.05) is 48.2 Å². The third kappa shape index (κ3) is 3.77. The number of carbonyl (C=O) groups excluding carboxylic acids is 2. The molecule has 0 fully saturated rings. The lowest BCUT2D eigenvalue weighted by Gasteiger charge is -2.26. The van der Waals surface area contributed by atoms with Crippen molar-refractivity contribution in [3.8, 4) is 5.69 Å². The molecule has 7 nitrogen and oxygen atoms in total. The minimum atomic E-state index is -0.259. The van der Waals surface area contributed by atoms with Crippen LogP contribution in [0, 0.1) is 12.3 Å². The Hall–Kier alpha value is -3.87. The Bertz CT molecular complexity index is 1310. The molecule has 1 spiro atoms. The van der Waals surface area contributed by atoms with E-state index in [2.05, 4.69) is 17.2 Å². The molecule has 1 atom stereocenters. The molecule has 2 aliphatic rings.